The zero-order valence-corrected chi connectivity index (χ0v) is 23.4. The maximum absolute atomic E-state index is 2.21. The van der Waals surface area contributed by atoms with Crippen LogP contribution in [0.1, 0.15) is 83.1 Å². The summed E-state index contributed by atoms with van der Waals surface area (Å²) in [6, 6.07) is 32.2. The molecule has 0 atom stereocenters. The van der Waals surface area contributed by atoms with Gasteiger partial charge in [0.1, 0.15) is 0 Å². The molecular formula is C30H51S+. The molecule has 0 aromatic heterocycles. The van der Waals surface area contributed by atoms with Crippen LogP contribution in [0.4, 0.5) is 0 Å². The molecule has 0 unspecified atom stereocenters. The van der Waals surface area contributed by atoms with Gasteiger partial charge in [0, 0.05) is 0 Å². The first kappa shape index (κ1) is 36.4. The van der Waals surface area contributed by atoms with Crippen molar-refractivity contribution >= 4 is 10.9 Å². The molecule has 0 saturated carbocycles. The first-order chi connectivity index (χ1) is 15.4. The Kier molecular flexibility index (Phi) is 38.3. The lowest BCUT2D eigenvalue weighted by Gasteiger charge is -2.07. The summed E-state index contributed by atoms with van der Waals surface area (Å²) in [5.74, 6) is 0. The van der Waals surface area contributed by atoms with Crippen molar-refractivity contribution in [2.24, 2.45) is 0 Å². The molecule has 0 aliphatic carbocycles. The smallest absolute Gasteiger partial charge is 0.0683 e. The quantitative estimate of drug-likeness (QED) is 0.353. The Bertz CT molecular complexity index is 524. The highest BCUT2D eigenvalue weighted by atomic mass is 32.2. The molecule has 0 N–H and O–H groups in total. The molecule has 0 heterocycles. The van der Waals surface area contributed by atoms with Crippen LogP contribution in [0.15, 0.2) is 106 Å². The first-order valence-electron chi connectivity index (χ1n) is 12.3. The molecule has 0 aliphatic heterocycles. The van der Waals surface area contributed by atoms with Gasteiger partial charge in [-0.15, -0.1) is 0 Å². The molecular weight excluding hydrogens is 392 g/mol. The molecule has 3 aromatic carbocycles. The van der Waals surface area contributed by atoms with E-state index >= 15 is 0 Å². The van der Waals surface area contributed by atoms with Gasteiger partial charge in [0.2, 0.25) is 0 Å². The van der Waals surface area contributed by atoms with E-state index in [1.165, 1.54) is 14.7 Å². The van der Waals surface area contributed by atoms with E-state index in [1.807, 2.05) is 83.1 Å². The van der Waals surface area contributed by atoms with Gasteiger partial charge in [-0.25, -0.2) is 0 Å². The number of rotatable bonds is 3. The fourth-order valence-electron chi connectivity index (χ4n) is 2.08. The van der Waals surface area contributed by atoms with E-state index in [1.54, 1.807) is 0 Å². The Morgan fingerprint density at radius 1 is 0.290 bits per heavy atom. The Morgan fingerprint density at radius 2 is 0.452 bits per heavy atom. The predicted molar refractivity (Wildman–Crippen MR) is 150 cm³/mol. The zero-order chi connectivity index (χ0) is 24.9. The third-order valence-electron chi connectivity index (χ3n) is 2.94. The highest BCUT2D eigenvalue weighted by Crippen LogP contribution is 2.30. The van der Waals surface area contributed by atoms with Crippen LogP contribution in [-0.4, -0.2) is 0 Å². The lowest BCUT2D eigenvalue weighted by Crippen LogP contribution is -2.04. The van der Waals surface area contributed by atoms with Gasteiger partial charge in [0.05, 0.1) is 10.9 Å². The highest BCUT2D eigenvalue weighted by molar-refractivity contribution is 7.97. The summed E-state index contributed by atoms with van der Waals surface area (Å²) >= 11 is 0. The normalized spacial score (nSPS) is 7.65. The molecule has 3 aromatic rings. The van der Waals surface area contributed by atoms with E-state index in [0.717, 1.165) is 0 Å². The van der Waals surface area contributed by atoms with Crippen molar-refractivity contribution in [1.29, 1.82) is 0 Å². The second-order valence-electron chi connectivity index (χ2n) is 4.25. The van der Waals surface area contributed by atoms with Crippen LogP contribution in [0.3, 0.4) is 0 Å². The number of hydrogen-bond acceptors (Lipinski definition) is 0. The van der Waals surface area contributed by atoms with Gasteiger partial charge in [-0.1, -0.05) is 138 Å². The van der Waals surface area contributed by atoms with Gasteiger partial charge in [-0.2, -0.15) is 0 Å². The van der Waals surface area contributed by atoms with Crippen LogP contribution in [0.5, 0.6) is 0 Å². The third-order valence-corrected chi connectivity index (χ3v) is 5.17. The van der Waals surface area contributed by atoms with Crippen molar-refractivity contribution in [3.63, 3.8) is 0 Å². The Labute approximate surface area is 199 Å². The van der Waals surface area contributed by atoms with Crippen molar-refractivity contribution in [3.05, 3.63) is 91.0 Å². The average Bonchev–Trinajstić information content (AvgIpc) is 2.93. The minimum atomic E-state index is -0.0146. The second kappa shape index (κ2) is 32.7. The molecule has 0 saturated heterocycles. The molecule has 0 nitrogen and oxygen atoms in total. The monoisotopic (exact) mass is 443 g/mol. The first-order valence-corrected chi connectivity index (χ1v) is 13.6. The Balaban J connectivity index is -0.000000264. The van der Waals surface area contributed by atoms with Crippen LogP contribution in [0.2, 0.25) is 0 Å². The Morgan fingerprint density at radius 3 is 0.613 bits per heavy atom. The molecule has 0 fully saturated rings. The van der Waals surface area contributed by atoms with Gasteiger partial charge >= 0.3 is 0 Å². The maximum Gasteiger partial charge on any atom is 0.166 e. The van der Waals surface area contributed by atoms with Crippen LogP contribution in [-0.2, 0) is 10.9 Å². The van der Waals surface area contributed by atoms with E-state index in [-0.39, 0.29) is 10.9 Å². The minimum Gasteiger partial charge on any atom is -0.0683 e. The van der Waals surface area contributed by atoms with Crippen molar-refractivity contribution in [2.45, 2.75) is 97.8 Å². The summed E-state index contributed by atoms with van der Waals surface area (Å²) in [6.45, 7) is 24.0. The van der Waals surface area contributed by atoms with Gasteiger partial charge in [-0.05, 0) is 36.4 Å². The number of hydrogen-bond donors (Lipinski definition) is 0. The largest absolute Gasteiger partial charge is 0.166 e. The van der Waals surface area contributed by atoms with Crippen molar-refractivity contribution < 1.29 is 0 Å². The van der Waals surface area contributed by atoms with Gasteiger partial charge in [0.15, 0.2) is 14.7 Å². The maximum atomic E-state index is 2.21. The van der Waals surface area contributed by atoms with E-state index < -0.39 is 0 Å². The molecule has 0 radical (unpaired) electrons. The number of benzene rings is 3. The minimum absolute atomic E-state index is 0.0146. The molecule has 31 heavy (non-hydrogen) atoms. The summed E-state index contributed by atoms with van der Waals surface area (Å²) in [6.07, 6.45) is 0. The van der Waals surface area contributed by atoms with Crippen LogP contribution < -0.4 is 0 Å². The van der Waals surface area contributed by atoms with Crippen LogP contribution in [0.25, 0.3) is 0 Å². The second-order valence-corrected chi connectivity index (χ2v) is 6.27. The van der Waals surface area contributed by atoms with E-state index in [2.05, 4.69) is 91.0 Å². The summed E-state index contributed by atoms with van der Waals surface area (Å²) < 4.78 is 0. The zero-order valence-electron chi connectivity index (χ0n) is 22.6. The summed E-state index contributed by atoms with van der Waals surface area (Å²) in [7, 11) is -0.0146. The molecule has 0 spiro atoms. The summed E-state index contributed by atoms with van der Waals surface area (Å²) in [5.41, 5.74) is 0. The van der Waals surface area contributed by atoms with Gasteiger partial charge in [0.25, 0.3) is 0 Å². The Hall–Kier alpha value is -1.99. The summed E-state index contributed by atoms with van der Waals surface area (Å²) in [4.78, 5) is 4.08. The van der Waals surface area contributed by atoms with Gasteiger partial charge < -0.3 is 0 Å². The molecule has 0 bridgehead atoms. The molecule has 1 heteroatoms. The topological polar surface area (TPSA) is 0 Å². The fourth-order valence-corrected chi connectivity index (χ4v) is 4.18. The van der Waals surface area contributed by atoms with E-state index in [4.69, 9.17) is 0 Å². The van der Waals surface area contributed by atoms with E-state index in [9.17, 15) is 0 Å². The highest BCUT2D eigenvalue weighted by Gasteiger charge is 2.27. The van der Waals surface area contributed by atoms with E-state index in [0.29, 0.717) is 0 Å². The molecule has 0 amide bonds. The predicted octanol–water partition coefficient (Wildman–Crippen LogP) is 10.9. The summed E-state index contributed by atoms with van der Waals surface area (Å²) in [5, 5.41) is 0. The lowest BCUT2D eigenvalue weighted by atomic mass is 10.4. The molecule has 176 valence electrons. The van der Waals surface area contributed by atoms with Crippen LogP contribution >= 0.6 is 0 Å². The van der Waals surface area contributed by atoms with Crippen LogP contribution in [0, 0.1) is 0 Å². The standard InChI is InChI=1S/C18H15S.6C2H6/c1-4-10-16(11-5-1)19(17-12-6-2-7-13-17)18-14-8-3-9-15-18;6*1-2/h1-15H;6*1-2H3/q+1;;;;;;. The van der Waals surface area contributed by atoms with Crippen molar-refractivity contribution in [1.82, 2.24) is 0 Å². The third kappa shape index (κ3) is 16.4. The van der Waals surface area contributed by atoms with Crippen molar-refractivity contribution in [3.8, 4) is 0 Å². The lowest BCUT2D eigenvalue weighted by molar-refractivity contribution is 1.32. The SMILES string of the molecule is CC.CC.CC.CC.CC.CC.c1ccc([S+](c2ccccc2)c2ccccc2)cc1. The average molecular weight is 444 g/mol. The fraction of sp³-hybridized carbons (Fsp3) is 0.400. The molecule has 3 rings (SSSR count). The molecule has 0 aliphatic rings. The van der Waals surface area contributed by atoms with Gasteiger partial charge in [-0.3, -0.25) is 0 Å². The van der Waals surface area contributed by atoms with Crippen molar-refractivity contribution in [2.75, 3.05) is 0 Å².